The molecule has 1 aliphatic heterocycles. The number of halogens is 1. The van der Waals surface area contributed by atoms with Crippen molar-refractivity contribution < 1.29 is 9.53 Å². The molecule has 3 rings (SSSR count). The highest BCUT2D eigenvalue weighted by Crippen LogP contribution is 2.38. The first-order valence-electron chi connectivity index (χ1n) is 5.73. The van der Waals surface area contributed by atoms with Crippen molar-refractivity contribution in [3.63, 3.8) is 0 Å². The fourth-order valence-electron chi connectivity index (χ4n) is 2.40. The van der Waals surface area contributed by atoms with Crippen LogP contribution in [0, 0.1) is 5.92 Å². The molecule has 0 aromatic heterocycles. The second-order valence-corrected chi connectivity index (χ2v) is 5.53. The van der Waals surface area contributed by atoms with Crippen LogP contribution in [0.2, 0.25) is 0 Å². The quantitative estimate of drug-likeness (QED) is 0.786. The van der Waals surface area contributed by atoms with Gasteiger partial charge >= 0.3 is 0 Å². The summed E-state index contributed by atoms with van der Waals surface area (Å²) in [6.45, 7) is 0. The lowest BCUT2D eigenvalue weighted by atomic mass is 9.78. The molecule has 1 unspecified atom stereocenters. The average molecular weight is 281 g/mol. The van der Waals surface area contributed by atoms with Crippen molar-refractivity contribution in [3.8, 4) is 5.75 Å². The molecule has 0 amide bonds. The molecule has 0 saturated heterocycles. The van der Waals surface area contributed by atoms with Gasteiger partial charge in [-0.25, -0.2) is 0 Å². The molecule has 0 bridgehead atoms. The molecule has 0 N–H and O–H groups in total. The summed E-state index contributed by atoms with van der Waals surface area (Å²) in [6.07, 6.45) is 4.37. The van der Waals surface area contributed by atoms with Gasteiger partial charge in [-0.05, 0) is 37.0 Å². The lowest BCUT2D eigenvalue weighted by Crippen LogP contribution is -2.37. The van der Waals surface area contributed by atoms with E-state index in [9.17, 15) is 4.79 Å². The molecule has 84 valence electrons. The smallest absolute Gasteiger partial charge is 0.170 e. The second kappa shape index (κ2) is 3.88. The Morgan fingerprint density at radius 1 is 1.31 bits per heavy atom. The van der Waals surface area contributed by atoms with E-state index >= 15 is 0 Å². The van der Waals surface area contributed by atoms with Gasteiger partial charge in [-0.1, -0.05) is 22.4 Å². The lowest BCUT2D eigenvalue weighted by molar-refractivity contribution is 0.0547. The maximum atomic E-state index is 12.0. The van der Waals surface area contributed by atoms with E-state index in [0.717, 1.165) is 15.8 Å². The summed E-state index contributed by atoms with van der Waals surface area (Å²) in [5, 5.41) is 0. The van der Waals surface area contributed by atoms with Crippen LogP contribution < -0.4 is 4.74 Å². The van der Waals surface area contributed by atoms with Crippen LogP contribution in [0.25, 0.3) is 0 Å². The van der Waals surface area contributed by atoms with Crippen LogP contribution in [-0.2, 0) is 0 Å². The van der Waals surface area contributed by atoms with Gasteiger partial charge in [0.2, 0.25) is 0 Å². The molecule has 1 aromatic carbocycles. The first kappa shape index (κ1) is 10.3. The minimum absolute atomic E-state index is 0.114. The molecule has 2 aliphatic rings. The molecule has 1 aromatic rings. The van der Waals surface area contributed by atoms with Crippen LogP contribution in [0.5, 0.6) is 5.75 Å². The number of fused-ring (bicyclic) bond motifs is 1. The first-order chi connectivity index (χ1) is 7.74. The molecule has 1 aliphatic carbocycles. The summed E-state index contributed by atoms with van der Waals surface area (Å²) in [7, 11) is 0. The highest BCUT2D eigenvalue weighted by Gasteiger charge is 2.35. The van der Waals surface area contributed by atoms with E-state index in [1.165, 1.54) is 19.3 Å². The highest BCUT2D eigenvalue weighted by molar-refractivity contribution is 9.10. The van der Waals surface area contributed by atoms with E-state index in [1.807, 2.05) is 18.2 Å². The predicted octanol–water partition coefficient (Wildman–Crippen LogP) is 3.58. The van der Waals surface area contributed by atoms with Crippen molar-refractivity contribution in [2.24, 2.45) is 5.92 Å². The number of benzene rings is 1. The second-order valence-electron chi connectivity index (χ2n) is 4.62. The molecule has 1 heterocycles. The van der Waals surface area contributed by atoms with E-state index in [-0.39, 0.29) is 11.9 Å². The summed E-state index contributed by atoms with van der Waals surface area (Å²) in [6, 6.07) is 5.64. The maximum Gasteiger partial charge on any atom is 0.170 e. The highest BCUT2D eigenvalue weighted by atomic mass is 79.9. The van der Waals surface area contributed by atoms with Gasteiger partial charge in [0.25, 0.3) is 0 Å². The fraction of sp³-hybridized carbons (Fsp3) is 0.462. The molecule has 0 spiro atoms. The molecule has 0 radical (unpaired) electrons. The van der Waals surface area contributed by atoms with Crippen LogP contribution >= 0.6 is 15.9 Å². The van der Waals surface area contributed by atoms with Crippen LogP contribution in [0.3, 0.4) is 0 Å². The van der Waals surface area contributed by atoms with Gasteiger partial charge in [0.05, 0.1) is 5.56 Å². The zero-order chi connectivity index (χ0) is 11.1. The molecule has 1 saturated carbocycles. The van der Waals surface area contributed by atoms with E-state index in [1.54, 1.807) is 0 Å². The van der Waals surface area contributed by atoms with Crippen molar-refractivity contribution in [1.29, 1.82) is 0 Å². The van der Waals surface area contributed by atoms with Gasteiger partial charge in [-0.2, -0.15) is 0 Å². The van der Waals surface area contributed by atoms with Gasteiger partial charge in [0.15, 0.2) is 5.78 Å². The number of carbonyl (C=O) groups is 1. The van der Waals surface area contributed by atoms with Gasteiger partial charge in [-0.3, -0.25) is 4.79 Å². The average Bonchev–Trinajstić information content (AvgIpc) is 2.13. The molecule has 16 heavy (non-hydrogen) atoms. The van der Waals surface area contributed by atoms with Gasteiger partial charge in [-0.15, -0.1) is 0 Å². The number of ether oxygens (including phenoxy) is 1. The third-order valence-electron chi connectivity index (χ3n) is 3.58. The Balaban J connectivity index is 1.91. The predicted molar refractivity (Wildman–Crippen MR) is 64.8 cm³/mol. The van der Waals surface area contributed by atoms with E-state index < -0.39 is 0 Å². The summed E-state index contributed by atoms with van der Waals surface area (Å²) in [5.41, 5.74) is 0.735. The number of carbonyl (C=O) groups excluding carboxylic acids is 1. The molecule has 3 heteroatoms. The summed E-state index contributed by atoms with van der Waals surface area (Å²) >= 11 is 3.41. The van der Waals surface area contributed by atoms with Crippen LogP contribution in [0.15, 0.2) is 22.7 Å². The van der Waals surface area contributed by atoms with Crippen molar-refractivity contribution in [1.82, 2.24) is 0 Å². The SMILES string of the molecule is O=C1CC(C2CCC2)Oc2cc(Br)ccc21. The van der Waals surface area contributed by atoms with Gasteiger partial charge in [0, 0.05) is 10.9 Å². The third kappa shape index (κ3) is 1.67. The minimum atomic E-state index is 0.114. The molecular weight excluding hydrogens is 268 g/mol. The Labute approximate surface area is 103 Å². The molecule has 1 fully saturated rings. The van der Waals surface area contributed by atoms with E-state index in [4.69, 9.17) is 4.74 Å². The van der Waals surface area contributed by atoms with Gasteiger partial charge in [0.1, 0.15) is 11.9 Å². The first-order valence-corrected chi connectivity index (χ1v) is 6.53. The monoisotopic (exact) mass is 280 g/mol. The minimum Gasteiger partial charge on any atom is -0.489 e. The largest absolute Gasteiger partial charge is 0.489 e. The Kier molecular flexibility index (Phi) is 2.51. The zero-order valence-electron chi connectivity index (χ0n) is 8.91. The molecule has 1 atom stereocenters. The molecular formula is C13H13BrO2. The molecule has 2 nitrogen and oxygen atoms in total. The van der Waals surface area contributed by atoms with Crippen molar-refractivity contribution in [2.75, 3.05) is 0 Å². The third-order valence-corrected chi connectivity index (χ3v) is 4.08. The Morgan fingerprint density at radius 3 is 2.81 bits per heavy atom. The fourth-order valence-corrected chi connectivity index (χ4v) is 2.74. The Hall–Kier alpha value is -0.830. The zero-order valence-corrected chi connectivity index (χ0v) is 10.5. The normalized spacial score (nSPS) is 24.6. The summed E-state index contributed by atoms with van der Waals surface area (Å²) in [4.78, 5) is 12.0. The summed E-state index contributed by atoms with van der Waals surface area (Å²) in [5.74, 6) is 1.57. The van der Waals surface area contributed by atoms with Crippen molar-refractivity contribution in [3.05, 3.63) is 28.2 Å². The van der Waals surface area contributed by atoms with E-state index in [0.29, 0.717) is 12.3 Å². The summed E-state index contributed by atoms with van der Waals surface area (Å²) < 4.78 is 6.90. The van der Waals surface area contributed by atoms with E-state index in [2.05, 4.69) is 15.9 Å². The van der Waals surface area contributed by atoms with Crippen LogP contribution in [-0.4, -0.2) is 11.9 Å². The Morgan fingerprint density at radius 2 is 2.12 bits per heavy atom. The van der Waals surface area contributed by atoms with Crippen LogP contribution in [0.4, 0.5) is 0 Å². The topological polar surface area (TPSA) is 26.3 Å². The maximum absolute atomic E-state index is 12.0. The number of ketones is 1. The lowest BCUT2D eigenvalue weighted by Gasteiger charge is -2.36. The standard InChI is InChI=1S/C13H13BrO2/c14-9-4-5-10-11(15)7-12(8-2-1-3-8)16-13(10)6-9/h4-6,8,12H,1-3,7H2. The number of hydrogen-bond donors (Lipinski definition) is 0. The Bertz CT molecular complexity index is 438. The number of rotatable bonds is 1. The van der Waals surface area contributed by atoms with Crippen molar-refractivity contribution in [2.45, 2.75) is 31.8 Å². The van der Waals surface area contributed by atoms with Gasteiger partial charge < -0.3 is 4.74 Å². The van der Waals surface area contributed by atoms with Crippen LogP contribution in [0.1, 0.15) is 36.0 Å². The number of Topliss-reactive ketones (excluding diaryl/α,β-unsaturated/α-hetero) is 1. The van der Waals surface area contributed by atoms with Crippen molar-refractivity contribution >= 4 is 21.7 Å². The number of hydrogen-bond acceptors (Lipinski definition) is 2.